The minimum atomic E-state index is 0.569. The minimum Gasteiger partial charge on any atom is -0.371 e. The highest BCUT2D eigenvalue weighted by Crippen LogP contribution is 2.02. The molecule has 0 aliphatic heterocycles. The summed E-state index contributed by atoms with van der Waals surface area (Å²) in [7, 11) is 0. The summed E-state index contributed by atoms with van der Waals surface area (Å²) in [5.74, 6) is 0. The highest BCUT2D eigenvalue weighted by atomic mass is 32.1. The number of hydrogen-bond donors (Lipinski definition) is 3. The van der Waals surface area contributed by atoms with Gasteiger partial charge >= 0.3 is 0 Å². The van der Waals surface area contributed by atoms with Gasteiger partial charge in [0.05, 0.1) is 0 Å². The second-order valence-electron chi connectivity index (χ2n) is 2.44. The number of thiol groups is 2. The Labute approximate surface area is 95.5 Å². The van der Waals surface area contributed by atoms with E-state index in [0.717, 1.165) is 36.4 Å². The summed E-state index contributed by atoms with van der Waals surface area (Å²) in [5.41, 5.74) is 0. The lowest BCUT2D eigenvalue weighted by molar-refractivity contribution is 0.686. The van der Waals surface area contributed by atoms with Crippen molar-refractivity contribution in [2.24, 2.45) is 0 Å². The van der Waals surface area contributed by atoms with Crippen molar-refractivity contribution in [2.45, 2.75) is 25.7 Å². The van der Waals surface area contributed by atoms with Crippen LogP contribution in [0.3, 0.4) is 0 Å². The summed E-state index contributed by atoms with van der Waals surface area (Å²) < 4.78 is 1.37. The van der Waals surface area contributed by atoms with E-state index < -0.39 is 0 Å². The fraction of sp³-hybridized carbons (Fsp3) is 0.714. The van der Waals surface area contributed by atoms with Crippen molar-refractivity contribution in [1.29, 1.82) is 0 Å². The first-order valence-electron chi connectivity index (χ1n) is 3.81. The number of nitrogens with one attached hydrogen (secondary N) is 1. The van der Waals surface area contributed by atoms with Crippen LogP contribution in [0, 0.1) is 0 Å². The molecule has 0 fully saturated rings. The van der Waals surface area contributed by atoms with Crippen LogP contribution < -0.4 is 5.32 Å². The average molecular weight is 239 g/mol. The Kier molecular flexibility index (Phi) is 8.76. The van der Waals surface area contributed by atoms with Crippen molar-refractivity contribution in [3.8, 4) is 0 Å². The molecule has 0 heterocycles. The predicted molar refractivity (Wildman–Crippen MR) is 69.6 cm³/mol. The monoisotopic (exact) mass is 239 g/mol. The number of unbranched alkanes of at least 4 members (excludes halogenated alkanes) is 2. The van der Waals surface area contributed by atoms with Crippen LogP contribution in [0.5, 0.6) is 0 Å². The van der Waals surface area contributed by atoms with Crippen LogP contribution >= 0.6 is 49.7 Å². The molecule has 0 spiro atoms. The molecule has 0 aliphatic rings. The predicted octanol–water partition coefficient (Wildman–Crippen LogP) is 2.61. The molecule has 70 valence electrons. The molecular weight excluding hydrogens is 226 g/mol. The fourth-order valence-electron chi connectivity index (χ4n) is 0.773. The number of rotatable bonds is 6. The van der Waals surface area contributed by atoms with E-state index in [1.165, 1.54) is 0 Å². The van der Waals surface area contributed by atoms with Crippen LogP contribution in [0.1, 0.15) is 25.7 Å². The zero-order chi connectivity index (χ0) is 9.40. The van der Waals surface area contributed by atoms with Crippen LogP contribution in [0.2, 0.25) is 0 Å². The Balaban J connectivity index is 3.01. The quantitative estimate of drug-likeness (QED) is 0.374. The van der Waals surface area contributed by atoms with Crippen molar-refractivity contribution >= 4 is 58.2 Å². The van der Waals surface area contributed by atoms with Crippen LogP contribution in [0.4, 0.5) is 0 Å². The van der Waals surface area contributed by atoms with Gasteiger partial charge in [0.1, 0.15) is 4.32 Å². The SMILES string of the molecule is S=C(S)CCCCCNC(=S)S. The third kappa shape index (κ3) is 10.7. The third-order valence-electron chi connectivity index (χ3n) is 1.34. The number of thiocarbonyl (C=S) groups is 2. The van der Waals surface area contributed by atoms with Gasteiger partial charge in [-0.2, -0.15) is 0 Å². The molecule has 0 saturated carbocycles. The maximum Gasteiger partial charge on any atom is 0.130 e. The van der Waals surface area contributed by atoms with E-state index >= 15 is 0 Å². The first-order valence-corrected chi connectivity index (χ1v) is 5.52. The lowest BCUT2D eigenvalue weighted by atomic mass is 10.2. The molecule has 0 saturated heterocycles. The summed E-state index contributed by atoms with van der Waals surface area (Å²) in [5, 5.41) is 2.98. The second-order valence-corrected chi connectivity index (χ2v) is 4.93. The van der Waals surface area contributed by atoms with Gasteiger partial charge in [-0.15, -0.1) is 25.3 Å². The maximum absolute atomic E-state index is 4.83. The maximum atomic E-state index is 4.83. The molecule has 0 aromatic heterocycles. The van der Waals surface area contributed by atoms with Crippen molar-refractivity contribution in [2.75, 3.05) is 6.54 Å². The van der Waals surface area contributed by atoms with Crippen LogP contribution in [0.15, 0.2) is 0 Å². The van der Waals surface area contributed by atoms with Crippen LogP contribution in [0.25, 0.3) is 0 Å². The standard InChI is InChI=1S/C7H13NS4/c9-6(10)4-2-1-3-5-8-7(11)12/h1-5H2,(H,9,10)(H2,8,11,12). The van der Waals surface area contributed by atoms with Gasteiger partial charge in [0.25, 0.3) is 0 Å². The molecule has 0 aromatic carbocycles. The molecule has 0 radical (unpaired) electrons. The lowest BCUT2D eigenvalue weighted by Crippen LogP contribution is -2.17. The average Bonchev–Trinajstić information content (AvgIpc) is 1.95. The van der Waals surface area contributed by atoms with Crippen molar-refractivity contribution < 1.29 is 0 Å². The Morgan fingerprint density at radius 3 is 2.25 bits per heavy atom. The van der Waals surface area contributed by atoms with Gasteiger partial charge in [-0.1, -0.05) is 30.9 Å². The number of hydrogen-bond acceptors (Lipinski definition) is 2. The van der Waals surface area contributed by atoms with Crippen molar-refractivity contribution in [3.63, 3.8) is 0 Å². The molecule has 0 unspecified atom stereocenters. The summed E-state index contributed by atoms with van der Waals surface area (Å²) in [6.07, 6.45) is 4.31. The Morgan fingerprint density at radius 2 is 1.75 bits per heavy atom. The van der Waals surface area contributed by atoms with E-state index in [2.05, 4.69) is 30.6 Å². The highest BCUT2D eigenvalue weighted by Gasteiger charge is 1.92. The van der Waals surface area contributed by atoms with E-state index in [1.54, 1.807) is 0 Å². The van der Waals surface area contributed by atoms with Gasteiger partial charge in [-0.3, -0.25) is 0 Å². The van der Waals surface area contributed by atoms with Crippen molar-refractivity contribution in [3.05, 3.63) is 0 Å². The molecule has 0 rings (SSSR count). The van der Waals surface area contributed by atoms with E-state index in [-0.39, 0.29) is 0 Å². The summed E-state index contributed by atoms with van der Waals surface area (Å²) >= 11 is 17.5. The van der Waals surface area contributed by atoms with E-state index in [0.29, 0.717) is 4.32 Å². The highest BCUT2D eigenvalue weighted by molar-refractivity contribution is 8.11. The first-order chi connectivity index (χ1) is 5.63. The fourth-order valence-corrected chi connectivity index (χ4v) is 1.29. The molecule has 5 heteroatoms. The van der Waals surface area contributed by atoms with Crippen molar-refractivity contribution in [1.82, 2.24) is 5.32 Å². The van der Waals surface area contributed by atoms with Gasteiger partial charge in [-0.25, -0.2) is 0 Å². The topological polar surface area (TPSA) is 12.0 Å². The third-order valence-corrected chi connectivity index (χ3v) is 2.07. The van der Waals surface area contributed by atoms with Gasteiger partial charge in [0.2, 0.25) is 0 Å². The Morgan fingerprint density at radius 1 is 1.08 bits per heavy atom. The van der Waals surface area contributed by atoms with Gasteiger partial charge < -0.3 is 5.32 Å². The molecule has 0 bridgehead atoms. The molecule has 0 atom stereocenters. The molecule has 1 N–H and O–H groups in total. The molecular formula is C7H13NS4. The normalized spacial score (nSPS) is 9.50. The lowest BCUT2D eigenvalue weighted by Gasteiger charge is -2.02. The summed E-state index contributed by atoms with van der Waals surface area (Å²) in [6, 6.07) is 0. The van der Waals surface area contributed by atoms with Gasteiger partial charge in [-0.05, 0) is 19.3 Å². The van der Waals surface area contributed by atoms with E-state index in [1.807, 2.05) is 0 Å². The summed E-state index contributed by atoms with van der Waals surface area (Å²) in [4.78, 5) is 0. The minimum absolute atomic E-state index is 0.569. The summed E-state index contributed by atoms with van der Waals surface area (Å²) in [6.45, 7) is 0.904. The zero-order valence-electron chi connectivity index (χ0n) is 6.75. The molecule has 12 heavy (non-hydrogen) atoms. The zero-order valence-corrected chi connectivity index (χ0v) is 10.2. The van der Waals surface area contributed by atoms with Gasteiger partial charge in [0.15, 0.2) is 0 Å². The van der Waals surface area contributed by atoms with Crippen LogP contribution in [-0.4, -0.2) is 15.1 Å². The largest absolute Gasteiger partial charge is 0.371 e. The van der Waals surface area contributed by atoms with Gasteiger partial charge in [0, 0.05) is 10.7 Å². The van der Waals surface area contributed by atoms with E-state index in [4.69, 9.17) is 24.4 Å². The Bertz CT molecular complexity index is 139. The second kappa shape index (κ2) is 8.29. The first kappa shape index (κ1) is 12.7. The van der Waals surface area contributed by atoms with Crippen LogP contribution in [-0.2, 0) is 0 Å². The smallest absolute Gasteiger partial charge is 0.130 e. The molecule has 0 aromatic rings. The van der Waals surface area contributed by atoms with E-state index in [9.17, 15) is 0 Å². The Hall–Kier alpha value is 0.680. The molecule has 0 aliphatic carbocycles. The molecule has 0 amide bonds. The molecule has 1 nitrogen and oxygen atoms in total.